The van der Waals surface area contributed by atoms with Crippen molar-refractivity contribution in [3.05, 3.63) is 46.5 Å². The summed E-state index contributed by atoms with van der Waals surface area (Å²) >= 11 is 1.55. The maximum atomic E-state index is 11.0. The summed E-state index contributed by atoms with van der Waals surface area (Å²) in [7, 11) is 0. The van der Waals surface area contributed by atoms with Crippen LogP contribution in [0.25, 0.3) is 0 Å². The molecular formula is C14H15N3OS. The van der Waals surface area contributed by atoms with Crippen LogP contribution in [0, 0.1) is 0 Å². The number of carbonyl (C=O) groups excluding carboxylic acids is 1. The van der Waals surface area contributed by atoms with Crippen LogP contribution < -0.4 is 11.1 Å². The van der Waals surface area contributed by atoms with Crippen LogP contribution in [0.1, 0.15) is 22.6 Å². The highest BCUT2D eigenvalue weighted by Gasteiger charge is 2.37. The Balaban J connectivity index is 2.02. The van der Waals surface area contributed by atoms with E-state index in [2.05, 4.69) is 22.4 Å². The van der Waals surface area contributed by atoms with Gasteiger partial charge in [-0.3, -0.25) is 4.79 Å². The first kappa shape index (κ1) is 12.2. The van der Waals surface area contributed by atoms with Gasteiger partial charge in [0.05, 0.1) is 11.2 Å². The lowest BCUT2D eigenvalue weighted by molar-refractivity contribution is -0.111. The molecule has 0 aliphatic heterocycles. The van der Waals surface area contributed by atoms with E-state index in [0.29, 0.717) is 11.6 Å². The molecule has 3 N–H and O–H groups in total. The van der Waals surface area contributed by atoms with Crippen molar-refractivity contribution in [3.63, 3.8) is 0 Å². The zero-order valence-corrected chi connectivity index (χ0v) is 11.2. The van der Waals surface area contributed by atoms with Crippen LogP contribution in [0.4, 0.5) is 5.13 Å². The summed E-state index contributed by atoms with van der Waals surface area (Å²) in [6.45, 7) is 0. The molecule has 4 nitrogen and oxygen atoms in total. The van der Waals surface area contributed by atoms with E-state index in [4.69, 9.17) is 5.73 Å². The molecule has 5 heteroatoms. The normalized spacial score (nSPS) is 21.7. The van der Waals surface area contributed by atoms with Gasteiger partial charge in [-0.25, -0.2) is 4.98 Å². The first-order valence-electron chi connectivity index (χ1n) is 6.24. The highest BCUT2D eigenvalue weighted by atomic mass is 32.1. The van der Waals surface area contributed by atoms with E-state index in [9.17, 15) is 4.79 Å². The Labute approximate surface area is 115 Å². The molecule has 3 rings (SSSR count). The maximum absolute atomic E-state index is 11.0. The number of anilines is 1. The molecule has 2 aromatic rings. The van der Waals surface area contributed by atoms with E-state index in [0.717, 1.165) is 30.5 Å². The summed E-state index contributed by atoms with van der Waals surface area (Å²) < 4.78 is 0. The van der Waals surface area contributed by atoms with Crippen molar-refractivity contribution in [2.75, 3.05) is 5.73 Å². The van der Waals surface area contributed by atoms with Crippen LogP contribution in [-0.4, -0.2) is 11.4 Å². The first-order chi connectivity index (χ1) is 9.23. The number of hydrogen-bond donors (Lipinski definition) is 2. The number of thiazole rings is 1. The van der Waals surface area contributed by atoms with Gasteiger partial charge in [0.25, 0.3) is 0 Å². The molecule has 1 atom stereocenters. The third-order valence-electron chi connectivity index (χ3n) is 3.70. The number of fused-ring (bicyclic) bond motifs is 1. The monoisotopic (exact) mass is 273 g/mol. The lowest BCUT2D eigenvalue weighted by atomic mass is 9.77. The second kappa shape index (κ2) is 4.66. The second-order valence-corrected chi connectivity index (χ2v) is 5.92. The molecule has 1 unspecified atom stereocenters. The summed E-state index contributed by atoms with van der Waals surface area (Å²) in [6.07, 6.45) is 3.27. The summed E-state index contributed by atoms with van der Waals surface area (Å²) in [5.41, 5.74) is 7.57. The molecule has 1 aliphatic rings. The standard InChI is InChI=1S/C14H15N3OS/c15-13-17-11-8-14(16-9-18,7-6-12(11)19-13)10-4-2-1-3-5-10/h1-5,9H,6-8H2,(H2,15,17)(H,16,18). The fourth-order valence-corrected chi connectivity index (χ4v) is 3.61. The molecule has 1 aromatic carbocycles. The lowest BCUT2D eigenvalue weighted by Gasteiger charge is -2.36. The number of nitrogen functional groups attached to an aromatic ring is 1. The topological polar surface area (TPSA) is 68.0 Å². The third kappa shape index (κ3) is 2.10. The van der Waals surface area contributed by atoms with Gasteiger partial charge in [-0.1, -0.05) is 30.3 Å². The minimum Gasteiger partial charge on any atom is -0.375 e. The Morgan fingerprint density at radius 2 is 2.16 bits per heavy atom. The van der Waals surface area contributed by atoms with Gasteiger partial charge in [0.15, 0.2) is 5.13 Å². The number of carbonyl (C=O) groups is 1. The number of amides is 1. The quantitative estimate of drug-likeness (QED) is 0.839. The van der Waals surface area contributed by atoms with Crippen LogP contribution in [0.3, 0.4) is 0 Å². The van der Waals surface area contributed by atoms with Crippen molar-refractivity contribution in [2.24, 2.45) is 0 Å². The fraction of sp³-hybridized carbons (Fsp3) is 0.286. The zero-order valence-electron chi connectivity index (χ0n) is 10.4. The largest absolute Gasteiger partial charge is 0.375 e. The van der Waals surface area contributed by atoms with Gasteiger partial charge < -0.3 is 11.1 Å². The zero-order chi connectivity index (χ0) is 13.3. The highest BCUT2D eigenvalue weighted by molar-refractivity contribution is 7.15. The summed E-state index contributed by atoms with van der Waals surface area (Å²) in [5, 5.41) is 3.62. The van der Waals surface area contributed by atoms with Gasteiger partial charge >= 0.3 is 0 Å². The molecule has 0 spiro atoms. The highest BCUT2D eigenvalue weighted by Crippen LogP contribution is 2.38. The summed E-state index contributed by atoms with van der Waals surface area (Å²) in [6, 6.07) is 10.1. The Hall–Kier alpha value is -1.88. The first-order valence-corrected chi connectivity index (χ1v) is 7.06. The Kier molecular flexibility index (Phi) is 2.98. The van der Waals surface area contributed by atoms with Crippen LogP contribution in [0.2, 0.25) is 0 Å². The van der Waals surface area contributed by atoms with E-state index in [1.54, 1.807) is 11.3 Å². The number of aromatic nitrogens is 1. The minimum absolute atomic E-state index is 0.351. The Morgan fingerprint density at radius 3 is 2.89 bits per heavy atom. The molecule has 0 saturated heterocycles. The molecule has 1 aliphatic carbocycles. The number of nitrogens with two attached hydrogens (primary N) is 1. The van der Waals surface area contributed by atoms with Crippen molar-refractivity contribution < 1.29 is 4.79 Å². The number of benzene rings is 1. The molecule has 1 heterocycles. The Morgan fingerprint density at radius 1 is 1.37 bits per heavy atom. The van der Waals surface area contributed by atoms with Gasteiger partial charge in [-0.15, -0.1) is 11.3 Å². The van der Waals surface area contributed by atoms with E-state index in [1.165, 1.54) is 4.88 Å². The molecular weight excluding hydrogens is 258 g/mol. The Bertz CT molecular complexity index is 596. The maximum Gasteiger partial charge on any atom is 0.207 e. The van der Waals surface area contributed by atoms with Gasteiger partial charge in [0.2, 0.25) is 6.41 Å². The van der Waals surface area contributed by atoms with Gasteiger partial charge in [-0.2, -0.15) is 0 Å². The van der Waals surface area contributed by atoms with Crippen molar-refractivity contribution in [2.45, 2.75) is 24.8 Å². The predicted molar refractivity (Wildman–Crippen MR) is 75.9 cm³/mol. The molecule has 1 aromatic heterocycles. The molecule has 1 amide bonds. The van der Waals surface area contributed by atoms with Crippen LogP contribution >= 0.6 is 11.3 Å². The average Bonchev–Trinajstić information content (AvgIpc) is 2.79. The van der Waals surface area contributed by atoms with Crippen molar-refractivity contribution >= 4 is 22.9 Å². The van der Waals surface area contributed by atoms with Crippen LogP contribution in [0.5, 0.6) is 0 Å². The number of nitrogens with one attached hydrogen (secondary N) is 1. The summed E-state index contributed by atoms with van der Waals surface area (Å²) in [4.78, 5) is 16.7. The van der Waals surface area contributed by atoms with Crippen molar-refractivity contribution in [1.29, 1.82) is 0 Å². The van der Waals surface area contributed by atoms with Gasteiger partial charge in [0.1, 0.15) is 0 Å². The molecule has 98 valence electrons. The molecule has 19 heavy (non-hydrogen) atoms. The number of hydrogen-bond acceptors (Lipinski definition) is 4. The molecule has 0 radical (unpaired) electrons. The van der Waals surface area contributed by atoms with Gasteiger partial charge in [0, 0.05) is 11.3 Å². The number of aryl methyl sites for hydroxylation is 1. The van der Waals surface area contributed by atoms with Crippen molar-refractivity contribution in [1.82, 2.24) is 10.3 Å². The number of rotatable bonds is 3. The SMILES string of the molecule is Nc1nc2c(s1)CCC(NC=O)(c1ccccc1)C2. The second-order valence-electron chi connectivity index (χ2n) is 4.81. The van der Waals surface area contributed by atoms with E-state index in [1.807, 2.05) is 18.2 Å². The van der Waals surface area contributed by atoms with E-state index < -0.39 is 0 Å². The van der Waals surface area contributed by atoms with Crippen LogP contribution in [0.15, 0.2) is 30.3 Å². The number of nitrogens with zero attached hydrogens (tertiary/aromatic N) is 1. The van der Waals surface area contributed by atoms with E-state index in [-0.39, 0.29) is 5.54 Å². The van der Waals surface area contributed by atoms with Crippen molar-refractivity contribution in [3.8, 4) is 0 Å². The van der Waals surface area contributed by atoms with Gasteiger partial charge in [-0.05, 0) is 18.4 Å². The average molecular weight is 273 g/mol. The lowest BCUT2D eigenvalue weighted by Crippen LogP contribution is -2.46. The molecule has 0 bridgehead atoms. The summed E-state index contributed by atoms with van der Waals surface area (Å²) in [5.74, 6) is 0. The van der Waals surface area contributed by atoms with Crippen LogP contribution in [-0.2, 0) is 23.2 Å². The molecule has 0 saturated carbocycles. The fourth-order valence-electron chi connectivity index (χ4n) is 2.76. The minimum atomic E-state index is -0.351. The third-order valence-corrected chi connectivity index (χ3v) is 4.69. The van der Waals surface area contributed by atoms with E-state index >= 15 is 0 Å². The smallest absolute Gasteiger partial charge is 0.207 e. The predicted octanol–water partition coefficient (Wildman–Crippen LogP) is 1.86. The molecule has 0 fully saturated rings.